The first-order valence-corrected chi connectivity index (χ1v) is 14.6. The van der Waals surface area contributed by atoms with Crippen molar-refractivity contribution in [3.8, 4) is 0 Å². The standard InChI is InChI=1S/C31H52O4/c1-18(2)29(8,35)24(34)15-19(3)25-20(32)16-28(7)22-10-9-21-26(4,5)23(33)11-12-30(21)17-31(22,30)14-13-27(25,28)6/h18-22,24-25,32,34-35H,9-17H2,1-8H3. The number of carbonyl (C=O) groups excluding carboxylic acids is 1. The van der Waals surface area contributed by atoms with Gasteiger partial charge < -0.3 is 15.3 Å². The van der Waals surface area contributed by atoms with Crippen molar-refractivity contribution in [3.63, 3.8) is 0 Å². The topological polar surface area (TPSA) is 77.8 Å². The summed E-state index contributed by atoms with van der Waals surface area (Å²) >= 11 is 0. The Bertz CT molecular complexity index is 892. The molecule has 200 valence electrons. The Kier molecular flexibility index (Phi) is 5.66. The number of aliphatic hydroxyl groups excluding tert-OH is 2. The lowest BCUT2D eigenvalue weighted by molar-refractivity contribution is -0.159. The number of fused-ring (bicyclic) bond motifs is 2. The van der Waals surface area contributed by atoms with E-state index in [0.29, 0.717) is 34.9 Å². The lowest BCUT2D eigenvalue weighted by Gasteiger charge is -2.62. The Morgan fingerprint density at radius 1 is 0.971 bits per heavy atom. The van der Waals surface area contributed by atoms with Gasteiger partial charge in [0.15, 0.2) is 0 Å². The molecule has 35 heavy (non-hydrogen) atoms. The normalized spacial score (nSPS) is 51.5. The summed E-state index contributed by atoms with van der Waals surface area (Å²) in [4.78, 5) is 12.9. The number of aliphatic hydroxyl groups is 3. The van der Waals surface area contributed by atoms with Crippen LogP contribution < -0.4 is 0 Å². The summed E-state index contributed by atoms with van der Waals surface area (Å²) < 4.78 is 0. The van der Waals surface area contributed by atoms with Crippen molar-refractivity contribution in [2.45, 2.75) is 131 Å². The van der Waals surface area contributed by atoms with Gasteiger partial charge >= 0.3 is 0 Å². The van der Waals surface area contributed by atoms with Crippen LogP contribution >= 0.6 is 0 Å². The minimum absolute atomic E-state index is 0.0264. The van der Waals surface area contributed by atoms with Crippen LogP contribution in [0.3, 0.4) is 0 Å². The molecule has 11 atom stereocenters. The fraction of sp³-hybridized carbons (Fsp3) is 0.968. The van der Waals surface area contributed by atoms with Crippen LogP contribution in [0.4, 0.5) is 0 Å². The highest BCUT2D eigenvalue weighted by atomic mass is 16.3. The van der Waals surface area contributed by atoms with Gasteiger partial charge in [-0.1, -0.05) is 48.5 Å². The van der Waals surface area contributed by atoms with Crippen molar-refractivity contribution < 1.29 is 20.1 Å². The predicted octanol–water partition coefficient (Wildman–Crippen LogP) is 5.76. The van der Waals surface area contributed by atoms with Gasteiger partial charge in [0.1, 0.15) is 5.78 Å². The number of carbonyl (C=O) groups is 1. The SMILES string of the molecule is CC(CC(O)C(C)(O)C(C)C)C1C(O)CC2(C)C3CCC4C(C)(C)C(=O)CCC45CC35CCC12C. The highest BCUT2D eigenvalue weighted by molar-refractivity contribution is 5.86. The van der Waals surface area contributed by atoms with E-state index < -0.39 is 11.7 Å². The number of hydrogen-bond acceptors (Lipinski definition) is 4. The molecule has 0 amide bonds. The molecule has 5 fully saturated rings. The van der Waals surface area contributed by atoms with Crippen molar-refractivity contribution in [2.75, 3.05) is 0 Å². The van der Waals surface area contributed by atoms with Crippen molar-refractivity contribution in [1.29, 1.82) is 0 Å². The maximum Gasteiger partial charge on any atom is 0.138 e. The molecule has 4 heteroatoms. The van der Waals surface area contributed by atoms with Gasteiger partial charge in [-0.25, -0.2) is 0 Å². The van der Waals surface area contributed by atoms with Crippen molar-refractivity contribution in [2.24, 2.45) is 56.7 Å². The molecule has 0 bridgehead atoms. The Morgan fingerprint density at radius 3 is 2.20 bits per heavy atom. The van der Waals surface area contributed by atoms with Crippen molar-refractivity contribution in [1.82, 2.24) is 0 Å². The van der Waals surface area contributed by atoms with Crippen molar-refractivity contribution >= 4 is 5.78 Å². The third-order valence-corrected chi connectivity index (χ3v) is 14.0. The summed E-state index contributed by atoms with van der Waals surface area (Å²) in [5.74, 6) is 1.86. The van der Waals surface area contributed by atoms with E-state index in [-0.39, 0.29) is 40.1 Å². The molecule has 0 aromatic carbocycles. The van der Waals surface area contributed by atoms with E-state index in [4.69, 9.17) is 0 Å². The Morgan fingerprint density at radius 2 is 1.57 bits per heavy atom. The second kappa shape index (κ2) is 7.56. The molecule has 11 unspecified atom stereocenters. The molecule has 3 N–H and O–H groups in total. The molecule has 0 aromatic heterocycles. The van der Waals surface area contributed by atoms with Crippen LogP contribution in [-0.4, -0.2) is 38.9 Å². The number of hydrogen-bond donors (Lipinski definition) is 3. The first-order valence-electron chi connectivity index (χ1n) is 14.6. The molecular weight excluding hydrogens is 436 g/mol. The summed E-state index contributed by atoms with van der Waals surface area (Å²) in [6, 6.07) is 0. The monoisotopic (exact) mass is 488 g/mol. The van der Waals surface area contributed by atoms with Crippen LogP contribution in [0, 0.1) is 56.7 Å². The molecule has 0 radical (unpaired) electrons. The van der Waals surface area contributed by atoms with Crippen LogP contribution in [-0.2, 0) is 4.79 Å². The molecule has 5 rings (SSSR count). The van der Waals surface area contributed by atoms with Gasteiger partial charge in [0.05, 0.1) is 17.8 Å². The zero-order valence-corrected chi connectivity index (χ0v) is 23.7. The molecule has 0 aliphatic heterocycles. The van der Waals surface area contributed by atoms with E-state index in [0.717, 1.165) is 32.1 Å². The predicted molar refractivity (Wildman–Crippen MR) is 139 cm³/mol. The lowest BCUT2D eigenvalue weighted by atomic mass is 9.42. The number of ketones is 1. The third-order valence-electron chi connectivity index (χ3n) is 14.0. The molecule has 0 heterocycles. The minimum Gasteiger partial charge on any atom is -0.393 e. The molecule has 5 aliphatic carbocycles. The number of Topliss-reactive ketones (excluding diaryl/α,β-unsaturated/α-hetero) is 1. The first kappa shape index (κ1) is 26.2. The zero-order valence-electron chi connectivity index (χ0n) is 23.7. The van der Waals surface area contributed by atoms with Crippen LogP contribution in [0.15, 0.2) is 0 Å². The second-order valence-electron chi connectivity index (χ2n) is 15.6. The maximum atomic E-state index is 12.9. The Balaban J connectivity index is 1.43. The first-order chi connectivity index (χ1) is 16.0. The fourth-order valence-corrected chi connectivity index (χ4v) is 11.4. The quantitative estimate of drug-likeness (QED) is 0.460. The van der Waals surface area contributed by atoms with Gasteiger partial charge in [0.25, 0.3) is 0 Å². The summed E-state index contributed by atoms with van der Waals surface area (Å²) in [5.41, 5.74) is -0.497. The van der Waals surface area contributed by atoms with E-state index in [9.17, 15) is 20.1 Å². The van der Waals surface area contributed by atoms with Gasteiger partial charge in [0, 0.05) is 11.8 Å². The fourth-order valence-electron chi connectivity index (χ4n) is 11.4. The highest BCUT2D eigenvalue weighted by Crippen LogP contribution is 2.88. The van der Waals surface area contributed by atoms with Gasteiger partial charge in [-0.2, -0.15) is 0 Å². The van der Waals surface area contributed by atoms with Crippen LogP contribution in [0.5, 0.6) is 0 Å². The van der Waals surface area contributed by atoms with E-state index in [1.165, 1.54) is 19.3 Å². The molecular formula is C31H52O4. The molecule has 5 saturated carbocycles. The van der Waals surface area contributed by atoms with Gasteiger partial charge in [-0.15, -0.1) is 0 Å². The van der Waals surface area contributed by atoms with Crippen LogP contribution in [0.1, 0.15) is 113 Å². The largest absolute Gasteiger partial charge is 0.393 e. The lowest BCUT2D eigenvalue weighted by Crippen LogP contribution is -2.57. The average Bonchev–Trinajstić information content (AvgIpc) is 3.36. The summed E-state index contributed by atoms with van der Waals surface area (Å²) in [6.45, 7) is 17.2. The molecule has 0 saturated heterocycles. The maximum absolute atomic E-state index is 12.9. The van der Waals surface area contributed by atoms with Gasteiger partial charge in [-0.05, 0) is 110 Å². The van der Waals surface area contributed by atoms with Gasteiger partial charge in [-0.3, -0.25) is 4.79 Å². The van der Waals surface area contributed by atoms with E-state index in [1.807, 2.05) is 13.8 Å². The Labute approximate surface area is 213 Å². The summed E-state index contributed by atoms with van der Waals surface area (Å²) in [5, 5.41) is 33.5. The third kappa shape index (κ3) is 3.06. The summed E-state index contributed by atoms with van der Waals surface area (Å²) in [7, 11) is 0. The molecule has 5 aliphatic rings. The summed E-state index contributed by atoms with van der Waals surface area (Å²) in [6.07, 6.45) is 8.06. The minimum atomic E-state index is -1.12. The van der Waals surface area contributed by atoms with E-state index in [1.54, 1.807) is 6.92 Å². The van der Waals surface area contributed by atoms with Crippen molar-refractivity contribution in [3.05, 3.63) is 0 Å². The average molecular weight is 489 g/mol. The number of rotatable bonds is 5. The highest BCUT2D eigenvalue weighted by Gasteiger charge is 2.82. The van der Waals surface area contributed by atoms with E-state index in [2.05, 4.69) is 34.6 Å². The molecule has 2 spiro atoms. The van der Waals surface area contributed by atoms with Crippen LogP contribution in [0.25, 0.3) is 0 Å². The molecule has 4 nitrogen and oxygen atoms in total. The Hall–Kier alpha value is -0.450. The second-order valence-corrected chi connectivity index (χ2v) is 15.6. The van der Waals surface area contributed by atoms with Crippen LogP contribution in [0.2, 0.25) is 0 Å². The van der Waals surface area contributed by atoms with Gasteiger partial charge in [0.2, 0.25) is 0 Å². The molecule has 0 aromatic rings. The smallest absolute Gasteiger partial charge is 0.138 e. The van der Waals surface area contributed by atoms with E-state index >= 15 is 0 Å². The zero-order chi connectivity index (χ0) is 26.0.